The van der Waals surface area contributed by atoms with Crippen molar-refractivity contribution >= 4 is 11.6 Å². The van der Waals surface area contributed by atoms with Crippen molar-refractivity contribution in [3.8, 4) is 17.2 Å². The molecule has 0 aliphatic carbocycles. The Bertz CT molecular complexity index is 668. The summed E-state index contributed by atoms with van der Waals surface area (Å²) in [6.07, 6.45) is 0. The molecule has 1 amide bonds. The van der Waals surface area contributed by atoms with Crippen LogP contribution in [0.25, 0.3) is 0 Å². The molecular weight excluding hydrogens is 306 g/mol. The molecule has 0 saturated carbocycles. The van der Waals surface area contributed by atoms with Crippen LogP contribution in [0.1, 0.15) is 31.1 Å². The normalized spacial score (nSPS) is 10.1. The van der Waals surface area contributed by atoms with Crippen LogP contribution in [0.15, 0.2) is 42.5 Å². The quantitative estimate of drug-likeness (QED) is 0.791. The molecule has 5 nitrogen and oxygen atoms in total. The van der Waals surface area contributed by atoms with Crippen LogP contribution in [0.3, 0.4) is 0 Å². The van der Waals surface area contributed by atoms with E-state index in [1.54, 1.807) is 36.4 Å². The Morgan fingerprint density at radius 3 is 2.04 bits per heavy atom. The lowest BCUT2D eigenvalue weighted by Crippen LogP contribution is -2.13. The van der Waals surface area contributed by atoms with Gasteiger partial charge in [0.1, 0.15) is 17.2 Å². The number of rotatable bonds is 8. The average molecular weight is 329 g/mol. The van der Waals surface area contributed by atoms with Gasteiger partial charge in [-0.1, -0.05) is 0 Å². The van der Waals surface area contributed by atoms with Crippen molar-refractivity contribution in [1.82, 2.24) is 0 Å². The summed E-state index contributed by atoms with van der Waals surface area (Å²) in [5.74, 6) is 1.82. The number of amides is 1. The van der Waals surface area contributed by atoms with E-state index in [4.69, 9.17) is 14.2 Å². The Hall–Kier alpha value is -2.69. The Morgan fingerprint density at radius 2 is 1.42 bits per heavy atom. The van der Waals surface area contributed by atoms with E-state index >= 15 is 0 Å². The van der Waals surface area contributed by atoms with Gasteiger partial charge in [0.15, 0.2) is 0 Å². The van der Waals surface area contributed by atoms with E-state index in [1.165, 1.54) is 0 Å². The fourth-order valence-corrected chi connectivity index (χ4v) is 2.21. The summed E-state index contributed by atoms with van der Waals surface area (Å²) < 4.78 is 16.4. The minimum Gasteiger partial charge on any atom is -0.494 e. The molecule has 24 heavy (non-hydrogen) atoms. The van der Waals surface area contributed by atoms with Crippen LogP contribution >= 0.6 is 0 Å². The summed E-state index contributed by atoms with van der Waals surface area (Å²) in [4.78, 5) is 12.5. The first kappa shape index (κ1) is 17.7. The fraction of sp³-hybridized carbons (Fsp3) is 0.316. The number of anilines is 1. The van der Waals surface area contributed by atoms with E-state index in [-0.39, 0.29) is 5.91 Å². The third-order valence-electron chi connectivity index (χ3n) is 3.24. The van der Waals surface area contributed by atoms with Gasteiger partial charge in [-0.3, -0.25) is 4.79 Å². The third kappa shape index (κ3) is 4.65. The van der Waals surface area contributed by atoms with E-state index in [2.05, 4.69) is 5.32 Å². The van der Waals surface area contributed by atoms with Crippen molar-refractivity contribution in [1.29, 1.82) is 0 Å². The molecule has 2 aromatic rings. The van der Waals surface area contributed by atoms with Crippen molar-refractivity contribution < 1.29 is 19.0 Å². The molecule has 2 rings (SSSR count). The van der Waals surface area contributed by atoms with Crippen LogP contribution in [-0.4, -0.2) is 25.7 Å². The van der Waals surface area contributed by atoms with Crippen LogP contribution in [0.2, 0.25) is 0 Å². The van der Waals surface area contributed by atoms with Crippen molar-refractivity contribution in [2.75, 3.05) is 25.1 Å². The average Bonchev–Trinajstić information content (AvgIpc) is 2.58. The number of carbonyl (C=O) groups is 1. The van der Waals surface area contributed by atoms with Crippen LogP contribution in [0.5, 0.6) is 17.2 Å². The van der Waals surface area contributed by atoms with Gasteiger partial charge in [0.25, 0.3) is 5.91 Å². The molecule has 0 aliphatic heterocycles. The molecule has 128 valence electrons. The Morgan fingerprint density at radius 1 is 0.833 bits per heavy atom. The van der Waals surface area contributed by atoms with Crippen molar-refractivity contribution in [3.05, 3.63) is 48.0 Å². The maximum atomic E-state index is 12.5. The molecule has 0 spiro atoms. The first-order chi connectivity index (χ1) is 11.7. The van der Waals surface area contributed by atoms with Gasteiger partial charge in [-0.25, -0.2) is 0 Å². The number of nitrogens with one attached hydrogen (secondary N) is 1. The highest BCUT2D eigenvalue weighted by Gasteiger charge is 2.11. The minimum atomic E-state index is -0.215. The summed E-state index contributed by atoms with van der Waals surface area (Å²) in [7, 11) is 0. The van der Waals surface area contributed by atoms with Gasteiger partial charge >= 0.3 is 0 Å². The first-order valence-electron chi connectivity index (χ1n) is 8.11. The summed E-state index contributed by atoms with van der Waals surface area (Å²) in [5, 5.41) is 2.88. The Labute approximate surface area is 142 Å². The molecule has 2 aromatic carbocycles. The van der Waals surface area contributed by atoms with E-state index < -0.39 is 0 Å². The molecule has 0 unspecified atom stereocenters. The zero-order valence-corrected chi connectivity index (χ0v) is 14.3. The zero-order valence-electron chi connectivity index (χ0n) is 14.3. The summed E-state index contributed by atoms with van der Waals surface area (Å²) in [5.41, 5.74) is 1.13. The predicted molar refractivity (Wildman–Crippen MR) is 94.3 cm³/mol. The van der Waals surface area contributed by atoms with Gasteiger partial charge < -0.3 is 19.5 Å². The van der Waals surface area contributed by atoms with Crippen LogP contribution in [-0.2, 0) is 0 Å². The smallest absolute Gasteiger partial charge is 0.255 e. The van der Waals surface area contributed by atoms with E-state index in [0.29, 0.717) is 42.6 Å². The summed E-state index contributed by atoms with van der Waals surface area (Å²) >= 11 is 0. The lowest BCUT2D eigenvalue weighted by atomic mass is 10.2. The number of benzene rings is 2. The molecule has 0 atom stereocenters. The van der Waals surface area contributed by atoms with Gasteiger partial charge in [0, 0.05) is 11.6 Å². The second kappa shape index (κ2) is 8.82. The predicted octanol–water partition coefficient (Wildman–Crippen LogP) is 4.14. The van der Waals surface area contributed by atoms with E-state index in [1.807, 2.05) is 26.8 Å². The SMILES string of the molecule is CCOc1ccc(C(=O)Nc2cc(OCC)ccc2OCC)cc1. The molecule has 0 bridgehead atoms. The lowest BCUT2D eigenvalue weighted by Gasteiger charge is -2.13. The Balaban J connectivity index is 2.18. The molecule has 5 heteroatoms. The molecule has 0 fully saturated rings. The van der Waals surface area contributed by atoms with Gasteiger partial charge in [0.2, 0.25) is 0 Å². The van der Waals surface area contributed by atoms with Crippen molar-refractivity contribution in [3.63, 3.8) is 0 Å². The standard InChI is InChI=1S/C19H23NO4/c1-4-22-15-9-7-14(8-10-15)19(21)20-17-13-16(23-5-2)11-12-18(17)24-6-3/h7-13H,4-6H2,1-3H3,(H,20,21). The monoisotopic (exact) mass is 329 g/mol. The van der Waals surface area contributed by atoms with Crippen molar-refractivity contribution in [2.24, 2.45) is 0 Å². The van der Waals surface area contributed by atoms with Crippen LogP contribution in [0.4, 0.5) is 5.69 Å². The maximum Gasteiger partial charge on any atom is 0.255 e. The third-order valence-corrected chi connectivity index (χ3v) is 3.24. The molecule has 0 heterocycles. The van der Waals surface area contributed by atoms with Crippen LogP contribution in [0, 0.1) is 0 Å². The molecule has 0 aromatic heterocycles. The molecular formula is C19H23NO4. The minimum absolute atomic E-state index is 0.215. The highest BCUT2D eigenvalue weighted by atomic mass is 16.5. The Kier molecular flexibility index (Phi) is 6.49. The van der Waals surface area contributed by atoms with Gasteiger partial charge in [-0.2, -0.15) is 0 Å². The van der Waals surface area contributed by atoms with Crippen molar-refractivity contribution in [2.45, 2.75) is 20.8 Å². The van der Waals surface area contributed by atoms with Gasteiger partial charge in [-0.15, -0.1) is 0 Å². The number of hydrogen-bond acceptors (Lipinski definition) is 4. The maximum absolute atomic E-state index is 12.5. The summed E-state index contributed by atoms with van der Waals surface area (Å²) in [6.45, 7) is 7.39. The molecule has 0 radical (unpaired) electrons. The molecule has 0 saturated heterocycles. The fourth-order valence-electron chi connectivity index (χ4n) is 2.21. The topological polar surface area (TPSA) is 56.8 Å². The van der Waals surface area contributed by atoms with Gasteiger partial charge in [0.05, 0.1) is 25.5 Å². The number of carbonyl (C=O) groups excluding carboxylic acids is 1. The number of hydrogen-bond donors (Lipinski definition) is 1. The van der Waals surface area contributed by atoms with E-state index in [9.17, 15) is 4.79 Å². The largest absolute Gasteiger partial charge is 0.494 e. The highest BCUT2D eigenvalue weighted by molar-refractivity contribution is 6.05. The zero-order chi connectivity index (χ0) is 17.4. The number of ether oxygens (including phenoxy) is 3. The first-order valence-corrected chi connectivity index (χ1v) is 8.11. The summed E-state index contributed by atoms with van der Waals surface area (Å²) in [6, 6.07) is 12.4. The van der Waals surface area contributed by atoms with Gasteiger partial charge in [-0.05, 0) is 57.2 Å². The highest BCUT2D eigenvalue weighted by Crippen LogP contribution is 2.30. The lowest BCUT2D eigenvalue weighted by molar-refractivity contribution is 0.102. The molecule has 1 N–H and O–H groups in total. The van der Waals surface area contributed by atoms with E-state index in [0.717, 1.165) is 5.75 Å². The van der Waals surface area contributed by atoms with Crippen LogP contribution < -0.4 is 19.5 Å². The molecule has 0 aliphatic rings. The second-order valence-corrected chi connectivity index (χ2v) is 4.94. The second-order valence-electron chi connectivity index (χ2n) is 4.94.